The number of nitrogens with zero attached hydrogens (tertiary/aromatic N) is 1. The van der Waals surface area contributed by atoms with Crippen LogP contribution in [-0.2, 0) is 9.59 Å². The zero-order valence-corrected chi connectivity index (χ0v) is 13.6. The van der Waals surface area contributed by atoms with Gasteiger partial charge in [0.2, 0.25) is 0 Å². The lowest BCUT2D eigenvalue weighted by molar-refractivity contribution is -0.159. The van der Waals surface area contributed by atoms with Crippen LogP contribution in [0.4, 0.5) is 0 Å². The van der Waals surface area contributed by atoms with Crippen LogP contribution < -0.4 is 0 Å². The van der Waals surface area contributed by atoms with Crippen molar-refractivity contribution in [3.8, 4) is 0 Å². The molecule has 1 aromatic rings. The second kappa shape index (κ2) is 10.2. The topological polar surface area (TPSA) is 77.8 Å². The van der Waals surface area contributed by atoms with E-state index in [1.807, 2.05) is 11.8 Å². The van der Waals surface area contributed by atoms with Crippen LogP contribution in [0.25, 0.3) is 0 Å². The summed E-state index contributed by atoms with van der Waals surface area (Å²) < 4.78 is 0. The predicted octanol–water partition coefficient (Wildman–Crippen LogP) is 2.67. The maximum absolute atomic E-state index is 9.10. The summed E-state index contributed by atoms with van der Waals surface area (Å²) in [5, 5.41) is 14.8. The first-order valence-electron chi connectivity index (χ1n) is 7.35. The normalized spacial score (nSPS) is 18.1. The number of carbonyl (C=O) groups is 2. The molecule has 1 saturated heterocycles. The minimum absolute atomic E-state index is 0.899. The third-order valence-electron chi connectivity index (χ3n) is 3.34. The summed E-state index contributed by atoms with van der Waals surface area (Å²) >= 11 is 1.97. The summed E-state index contributed by atoms with van der Waals surface area (Å²) in [6.07, 6.45) is 2.81. The summed E-state index contributed by atoms with van der Waals surface area (Å²) in [7, 11) is 0. The molecule has 1 aromatic carbocycles. The van der Waals surface area contributed by atoms with Crippen LogP contribution in [0.1, 0.15) is 19.8 Å². The molecule has 5 nitrogen and oxygen atoms in total. The number of thioether (sulfide) groups is 1. The van der Waals surface area contributed by atoms with E-state index >= 15 is 0 Å². The molecule has 0 amide bonds. The standard InChI is InChI=1S/C14H21NS.C2H2O4/c1-13-6-5-9-15(12-13)10-11-16-14-7-3-2-4-8-14;3-1(4)2(5)6/h2-4,7-8,13H,5-6,9-12H2,1H3;(H,3,4)(H,5,6). The van der Waals surface area contributed by atoms with Crippen LogP contribution >= 0.6 is 11.8 Å². The van der Waals surface area contributed by atoms with Crippen molar-refractivity contribution in [3.63, 3.8) is 0 Å². The van der Waals surface area contributed by atoms with Gasteiger partial charge in [0, 0.05) is 23.7 Å². The Balaban J connectivity index is 0.000000346. The number of likely N-dealkylation sites (tertiary alicyclic amines) is 1. The summed E-state index contributed by atoms with van der Waals surface area (Å²) in [4.78, 5) is 22.2. The smallest absolute Gasteiger partial charge is 0.414 e. The van der Waals surface area contributed by atoms with E-state index in [2.05, 4.69) is 42.2 Å². The average molecular weight is 325 g/mol. The van der Waals surface area contributed by atoms with Gasteiger partial charge in [0.15, 0.2) is 0 Å². The first-order valence-corrected chi connectivity index (χ1v) is 8.34. The Hall–Kier alpha value is -1.53. The lowest BCUT2D eigenvalue weighted by Crippen LogP contribution is -2.35. The molecule has 1 atom stereocenters. The first-order chi connectivity index (χ1) is 10.5. The van der Waals surface area contributed by atoms with Gasteiger partial charge in [0.1, 0.15) is 0 Å². The number of aliphatic carboxylic acids is 2. The molecule has 22 heavy (non-hydrogen) atoms. The Kier molecular flexibility index (Phi) is 8.62. The first kappa shape index (κ1) is 18.5. The van der Waals surface area contributed by atoms with Crippen molar-refractivity contribution in [2.75, 3.05) is 25.4 Å². The number of benzene rings is 1. The number of carboxylic acids is 2. The number of carboxylic acid groups (broad SMARTS) is 2. The van der Waals surface area contributed by atoms with Crippen molar-refractivity contribution in [1.29, 1.82) is 0 Å². The Labute approximate surface area is 135 Å². The molecule has 2 rings (SSSR count). The summed E-state index contributed by atoms with van der Waals surface area (Å²) in [6.45, 7) is 6.22. The number of piperidine rings is 1. The largest absolute Gasteiger partial charge is 0.473 e. The molecule has 0 radical (unpaired) electrons. The maximum Gasteiger partial charge on any atom is 0.414 e. The molecule has 0 spiro atoms. The van der Waals surface area contributed by atoms with E-state index in [1.165, 1.54) is 43.1 Å². The molecule has 0 bridgehead atoms. The number of hydrogen-bond acceptors (Lipinski definition) is 4. The fourth-order valence-corrected chi connectivity index (χ4v) is 3.23. The van der Waals surface area contributed by atoms with Gasteiger partial charge < -0.3 is 15.1 Å². The Morgan fingerprint density at radius 1 is 1.23 bits per heavy atom. The third-order valence-corrected chi connectivity index (χ3v) is 4.34. The molecule has 0 aliphatic carbocycles. The van der Waals surface area contributed by atoms with E-state index in [9.17, 15) is 0 Å². The van der Waals surface area contributed by atoms with Crippen LogP contribution in [-0.4, -0.2) is 52.4 Å². The second-order valence-corrected chi connectivity index (χ2v) is 6.49. The molecule has 1 fully saturated rings. The Bertz CT molecular complexity index is 454. The van der Waals surface area contributed by atoms with Gasteiger partial charge in [0.25, 0.3) is 0 Å². The van der Waals surface area contributed by atoms with E-state index in [1.54, 1.807) is 0 Å². The fourth-order valence-electron chi connectivity index (χ4n) is 2.30. The molecular weight excluding hydrogens is 302 g/mol. The van der Waals surface area contributed by atoms with Gasteiger partial charge in [-0.3, -0.25) is 0 Å². The molecular formula is C16H23NO4S. The minimum Gasteiger partial charge on any atom is -0.473 e. The molecule has 1 unspecified atom stereocenters. The molecule has 0 saturated carbocycles. The maximum atomic E-state index is 9.10. The quantitative estimate of drug-likeness (QED) is 0.654. The molecule has 0 aromatic heterocycles. The SMILES string of the molecule is CC1CCCN(CCSc2ccccc2)C1.O=C(O)C(=O)O. The van der Waals surface area contributed by atoms with Crippen molar-refractivity contribution in [3.05, 3.63) is 30.3 Å². The van der Waals surface area contributed by atoms with Gasteiger partial charge in [-0.15, -0.1) is 11.8 Å². The van der Waals surface area contributed by atoms with Crippen LogP contribution in [0, 0.1) is 5.92 Å². The van der Waals surface area contributed by atoms with Gasteiger partial charge >= 0.3 is 11.9 Å². The number of rotatable bonds is 4. The van der Waals surface area contributed by atoms with Gasteiger partial charge in [-0.2, -0.15) is 0 Å². The fraction of sp³-hybridized carbons (Fsp3) is 0.500. The van der Waals surface area contributed by atoms with Crippen molar-refractivity contribution < 1.29 is 19.8 Å². The summed E-state index contributed by atoms with van der Waals surface area (Å²) in [5.74, 6) is -1.53. The van der Waals surface area contributed by atoms with Crippen LogP contribution in [0.5, 0.6) is 0 Å². The predicted molar refractivity (Wildman–Crippen MR) is 87.3 cm³/mol. The lowest BCUT2D eigenvalue weighted by Gasteiger charge is -2.30. The number of hydrogen-bond donors (Lipinski definition) is 2. The van der Waals surface area contributed by atoms with Crippen molar-refractivity contribution >= 4 is 23.7 Å². The van der Waals surface area contributed by atoms with Crippen molar-refractivity contribution in [2.24, 2.45) is 5.92 Å². The lowest BCUT2D eigenvalue weighted by atomic mass is 10.0. The van der Waals surface area contributed by atoms with E-state index in [0.717, 1.165) is 5.92 Å². The van der Waals surface area contributed by atoms with E-state index in [4.69, 9.17) is 19.8 Å². The Morgan fingerprint density at radius 3 is 2.41 bits per heavy atom. The molecule has 1 heterocycles. The van der Waals surface area contributed by atoms with Crippen LogP contribution in [0.15, 0.2) is 35.2 Å². The summed E-state index contributed by atoms with van der Waals surface area (Å²) in [5.41, 5.74) is 0. The minimum atomic E-state index is -1.82. The molecule has 1 aliphatic rings. The second-order valence-electron chi connectivity index (χ2n) is 5.32. The van der Waals surface area contributed by atoms with Gasteiger partial charge in [-0.05, 0) is 37.4 Å². The molecule has 122 valence electrons. The van der Waals surface area contributed by atoms with E-state index in [0.29, 0.717) is 0 Å². The van der Waals surface area contributed by atoms with Gasteiger partial charge in [-0.25, -0.2) is 9.59 Å². The third kappa shape index (κ3) is 8.05. The Morgan fingerprint density at radius 2 is 1.86 bits per heavy atom. The van der Waals surface area contributed by atoms with Gasteiger partial charge in [-0.1, -0.05) is 25.1 Å². The highest BCUT2D eigenvalue weighted by atomic mass is 32.2. The highest BCUT2D eigenvalue weighted by Gasteiger charge is 2.15. The van der Waals surface area contributed by atoms with Crippen LogP contribution in [0.3, 0.4) is 0 Å². The van der Waals surface area contributed by atoms with Crippen LogP contribution in [0.2, 0.25) is 0 Å². The van der Waals surface area contributed by atoms with E-state index in [-0.39, 0.29) is 0 Å². The van der Waals surface area contributed by atoms with Gasteiger partial charge in [0.05, 0.1) is 0 Å². The van der Waals surface area contributed by atoms with E-state index < -0.39 is 11.9 Å². The van der Waals surface area contributed by atoms with Crippen molar-refractivity contribution in [1.82, 2.24) is 4.90 Å². The average Bonchev–Trinajstić information content (AvgIpc) is 2.49. The molecule has 2 N–H and O–H groups in total. The highest BCUT2D eigenvalue weighted by Crippen LogP contribution is 2.19. The monoisotopic (exact) mass is 325 g/mol. The summed E-state index contributed by atoms with van der Waals surface area (Å²) in [6, 6.07) is 10.7. The van der Waals surface area contributed by atoms with Crippen molar-refractivity contribution in [2.45, 2.75) is 24.7 Å². The zero-order chi connectivity index (χ0) is 16.4. The zero-order valence-electron chi connectivity index (χ0n) is 12.8. The highest BCUT2D eigenvalue weighted by molar-refractivity contribution is 7.99. The molecule has 1 aliphatic heterocycles. The molecule has 6 heteroatoms.